The molecule has 0 saturated carbocycles. The van der Waals surface area contributed by atoms with E-state index in [4.69, 9.17) is 14.2 Å². The zero-order valence-electron chi connectivity index (χ0n) is 18.0. The van der Waals surface area contributed by atoms with Gasteiger partial charge in [-0.2, -0.15) is 0 Å². The van der Waals surface area contributed by atoms with Crippen LogP contribution in [-0.4, -0.2) is 33.1 Å². The zero-order chi connectivity index (χ0) is 22.9. The van der Waals surface area contributed by atoms with E-state index in [0.29, 0.717) is 34.1 Å². The van der Waals surface area contributed by atoms with Gasteiger partial charge in [-0.1, -0.05) is 36.4 Å². The third-order valence-corrected chi connectivity index (χ3v) is 4.63. The van der Waals surface area contributed by atoms with Crippen molar-refractivity contribution in [1.82, 2.24) is 5.32 Å². The number of hydrogen-bond acceptors (Lipinski definition) is 5. The van der Waals surface area contributed by atoms with Gasteiger partial charge in [0.1, 0.15) is 22.9 Å². The average Bonchev–Trinajstić information content (AvgIpc) is 2.84. The highest BCUT2D eigenvalue weighted by Gasteiger charge is 2.18. The van der Waals surface area contributed by atoms with E-state index in [9.17, 15) is 9.59 Å². The standard InChI is InChI=1S/C25H24N2O5/c1-30-18-14-12-17(13-15-18)16-21(25(29)26-20-9-5-7-11-23(20)32-3)27-24(28)19-8-4-6-10-22(19)31-2/h4-16H,1-3H3,(H,26,29)(H,27,28)/b21-16-. The molecule has 0 atom stereocenters. The molecule has 3 rings (SSSR count). The minimum Gasteiger partial charge on any atom is -0.497 e. The number of anilines is 1. The monoisotopic (exact) mass is 432 g/mol. The molecule has 0 heterocycles. The van der Waals surface area contributed by atoms with Crippen LogP contribution in [0.5, 0.6) is 17.2 Å². The van der Waals surface area contributed by atoms with Crippen LogP contribution >= 0.6 is 0 Å². The van der Waals surface area contributed by atoms with Crippen molar-refractivity contribution in [2.24, 2.45) is 0 Å². The van der Waals surface area contributed by atoms with E-state index in [-0.39, 0.29) is 5.70 Å². The van der Waals surface area contributed by atoms with Gasteiger partial charge >= 0.3 is 0 Å². The van der Waals surface area contributed by atoms with Gasteiger partial charge in [-0.05, 0) is 48.0 Å². The first-order valence-corrected chi connectivity index (χ1v) is 9.80. The maximum Gasteiger partial charge on any atom is 0.272 e. The molecule has 164 valence electrons. The first kappa shape index (κ1) is 22.4. The Bertz CT molecular complexity index is 1120. The fraction of sp³-hybridized carbons (Fsp3) is 0.120. The summed E-state index contributed by atoms with van der Waals surface area (Å²) in [6.07, 6.45) is 1.58. The summed E-state index contributed by atoms with van der Waals surface area (Å²) in [5.41, 5.74) is 1.54. The molecule has 0 bridgehead atoms. The van der Waals surface area contributed by atoms with E-state index in [1.54, 1.807) is 86.0 Å². The Labute approximate surface area is 186 Å². The van der Waals surface area contributed by atoms with E-state index in [2.05, 4.69) is 10.6 Å². The highest BCUT2D eigenvalue weighted by Crippen LogP contribution is 2.24. The van der Waals surface area contributed by atoms with Crippen molar-refractivity contribution < 1.29 is 23.8 Å². The first-order valence-electron chi connectivity index (χ1n) is 9.80. The van der Waals surface area contributed by atoms with Gasteiger partial charge in [-0.25, -0.2) is 0 Å². The lowest BCUT2D eigenvalue weighted by atomic mass is 10.1. The molecular weight excluding hydrogens is 408 g/mol. The lowest BCUT2D eigenvalue weighted by Gasteiger charge is -2.14. The van der Waals surface area contributed by atoms with Crippen molar-refractivity contribution in [2.75, 3.05) is 26.6 Å². The summed E-state index contributed by atoms with van der Waals surface area (Å²) in [5.74, 6) is 0.603. The van der Waals surface area contributed by atoms with Crippen molar-refractivity contribution >= 4 is 23.6 Å². The predicted octanol–water partition coefficient (Wildman–Crippen LogP) is 4.12. The van der Waals surface area contributed by atoms with Gasteiger partial charge in [0.05, 0.1) is 32.6 Å². The van der Waals surface area contributed by atoms with Crippen LogP contribution in [0, 0.1) is 0 Å². The van der Waals surface area contributed by atoms with Crippen LogP contribution in [-0.2, 0) is 4.79 Å². The number of rotatable bonds is 8. The van der Waals surface area contributed by atoms with Crippen LogP contribution in [0.4, 0.5) is 5.69 Å². The van der Waals surface area contributed by atoms with Crippen molar-refractivity contribution in [2.45, 2.75) is 0 Å². The quantitative estimate of drug-likeness (QED) is 0.523. The molecule has 7 heteroatoms. The minimum absolute atomic E-state index is 0.0528. The Kier molecular flexibility index (Phi) is 7.48. The highest BCUT2D eigenvalue weighted by atomic mass is 16.5. The molecule has 0 spiro atoms. The van der Waals surface area contributed by atoms with Crippen molar-refractivity contribution in [1.29, 1.82) is 0 Å². The molecule has 3 aromatic carbocycles. The molecule has 0 aliphatic rings. The number of methoxy groups -OCH3 is 3. The number of para-hydroxylation sites is 3. The summed E-state index contributed by atoms with van der Waals surface area (Å²) < 4.78 is 15.7. The summed E-state index contributed by atoms with van der Waals surface area (Å²) >= 11 is 0. The normalized spacial score (nSPS) is 10.8. The molecule has 0 radical (unpaired) electrons. The Balaban J connectivity index is 1.93. The lowest BCUT2D eigenvalue weighted by molar-refractivity contribution is -0.113. The first-order chi connectivity index (χ1) is 15.5. The summed E-state index contributed by atoms with van der Waals surface area (Å²) in [7, 11) is 4.57. The van der Waals surface area contributed by atoms with E-state index in [1.165, 1.54) is 14.2 Å². The van der Waals surface area contributed by atoms with Crippen molar-refractivity contribution in [3.63, 3.8) is 0 Å². The van der Waals surface area contributed by atoms with E-state index < -0.39 is 11.8 Å². The molecule has 2 amide bonds. The zero-order valence-corrected chi connectivity index (χ0v) is 18.0. The van der Waals surface area contributed by atoms with E-state index >= 15 is 0 Å². The van der Waals surface area contributed by atoms with E-state index in [0.717, 1.165) is 0 Å². The molecule has 0 aliphatic carbocycles. The maximum atomic E-state index is 13.1. The second-order valence-corrected chi connectivity index (χ2v) is 6.64. The molecular formula is C25H24N2O5. The highest BCUT2D eigenvalue weighted by molar-refractivity contribution is 6.11. The smallest absolute Gasteiger partial charge is 0.272 e. The number of hydrogen-bond donors (Lipinski definition) is 2. The summed E-state index contributed by atoms with van der Waals surface area (Å²) in [4.78, 5) is 26.1. The molecule has 32 heavy (non-hydrogen) atoms. The Morgan fingerprint density at radius 2 is 1.38 bits per heavy atom. The van der Waals surface area contributed by atoms with Gasteiger partial charge in [-0.3, -0.25) is 9.59 Å². The number of amides is 2. The Morgan fingerprint density at radius 3 is 2.03 bits per heavy atom. The Morgan fingerprint density at radius 1 is 0.750 bits per heavy atom. The third-order valence-electron chi connectivity index (χ3n) is 4.63. The molecule has 0 fully saturated rings. The summed E-state index contributed by atoms with van der Waals surface area (Å²) in [6.45, 7) is 0. The van der Waals surface area contributed by atoms with Crippen LogP contribution in [0.1, 0.15) is 15.9 Å². The largest absolute Gasteiger partial charge is 0.497 e. The van der Waals surface area contributed by atoms with Gasteiger partial charge in [0.15, 0.2) is 0 Å². The fourth-order valence-corrected chi connectivity index (χ4v) is 2.98. The van der Waals surface area contributed by atoms with Crippen molar-refractivity contribution in [3.8, 4) is 17.2 Å². The molecule has 0 saturated heterocycles. The molecule has 3 aromatic rings. The van der Waals surface area contributed by atoms with Gasteiger partial charge in [0.2, 0.25) is 0 Å². The number of carbonyl (C=O) groups excluding carboxylic acids is 2. The summed E-state index contributed by atoms with van der Waals surface area (Å²) in [5, 5.41) is 5.49. The number of benzene rings is 3. The number of nitrogens with one attached hydrogen (secondary N) is 2. The maximum absolute atomic E-state index is 13.1. The third kappa shape index (κ3) is 5.46. The molecule has 2 N–H and O–H groups in total. The minimum atomic E-state index is -0.506. The second kappa shape index (κ2) is 10.7. The van der Waals surface area contributed by atoms with Crippen LogP contribution < -0.4 is 24.8 Å². The van der Waals surface area contributed by atoms with Crippen LogP contribution in [0.15, 0.2) is 78.5 Å². The van der Waals surface area contributed by atoms with Gasteiger partial charge in [0, 0.05) is 0 Å². The molecule has 7 nitrogen and oxygen atoms in total. The van der Waals surface area contributed by atoms with Gasteiger partial charge < -0.3 is 24.8 Å². The molecule has 0 unspecified atom stereocenters. The number of ether oxygens (including phenoxy) is 3. The molecule has 0 aromatic heterocycles. The average molecular weight is 432 g/mol. The summed E-state index contributed by atoms with van der Waals surface area (Å²) in [6, 6.07) is 20.9. The molecule has 0 aliphatic heterocycles. The second-order valence-electron chi connectivity index (χ2n) is 6.64. The Hall–Kier alpha value is -4.26. The van der Waals surface area contributed by atoms with Crippen LogP contribution in [0.2, 0.25) is 0 Å². The predicted molar refractivity (Wildman–Crippen MR) is 123 cm³/mol. The topological polar surface area (TPSA) is 85.9 Å². The van der Waals surface area contributed by atoms with Crippen LogP contribution in [0.3, 0.4) is 0 Å². The number of carbonyl (C=O) groups is 2. The fourth-order valence-electron chi connectivity index (χ4n) is 2.98. The van der Waals surface area contributed by atoms with Crippen LogP contribution in [0.25, 0.3) is 6.08 Å². The van der Waals surface area contributed by atoms with E-state index in [1.807, 2.05) is 0 Å². The van der Waals surface area contributed by atoms with Crippen molar-refractivity contribution in [3.05, 3.63) is 89.6 Å². The van der Waals surface area contributed by atoms with Gasteiger partial charge in [0.25, 0.3) is 11.8 Å². The SMILES string of the molecule is COc1ccc(/C=C(\NC(=O)c2ccccc2OC)C(=O)Nc2ccccc2OC)cc1. The van der Waals surface area contributed by atoms with Gasteiger partial charge in [-0.15, -0.1) is 0 Å². The lowest BCUT2D eigenvalue weighted by Crippen LogP contribution is -2.31.